The topological polar surface area (TPSA) is 59.6 Å². The third kappa shape index (κ3) is 6.31. The van der Waals surface area contributed by atoms with Gasteiger partial charge in [-0.1, -0.05) is 18.0 Å². The van der Waals surface area contributed by atoms with Crippen molar-refractivity contribution in [3.05, 3.63) is 23.2 Å². The quantitative estimate of drug-likeness (QED) is 0.753. The van der Waals surface area contributed by atoms with Gasteiger partial charge in [0.05, 0.1) is 11.6 Å². The van der Waals surface area contributed by atoms with Crippen LogP contribution in [0.2, 0.25) is 5.02 Å². The lowest BCUT2D eigenvalue weighted by molar-refractivity contribution is 0.0519. The lowest BCUT2D eigenvalue weighted by Crippen LogP contribution is -2.38. The molecule has 140 valence electrons. The number of carbonyl (C=O) groups is 1. The van der Waals surface area contributed by atoms with Crippen LogP contribution in [0.1, 0.15) is 47.0 Å². The van der Waals surface area contributed by atoms with Crippen molar-refractivity contribution in [2.24, 2.45) is 5.92 Å². The SMILES string of the molecule is CCOc1ccc(NC2CCCC2CNC(=O)OC(C)(C)C)cc1Cl. The molecule has 1 aromatic carbocycles. The van der Waals surface area contributed by atoms with E-state index in [4.69, 9.17) is 21.1 Å². The molecule has 0 aromatic heterocycles. The third-order valence-corrected chi connectivity index (χ3v) is 4.45. The lowest BCUT2D eigenvalue weighted by Gasteiger charge is -2.24. The van der Waals surface area contributed by atoms with Gasteiger partial charge in [0.1, 0.15) is 11.4 Å². The maximum Gasteiger partial charge on any atom is 0.407 e. The van der Waals surface area contributed by atoms with Gasteiger partial charge >= 0.3 is 6.09 Å². The first kappa shape index (κ1) is 19.7. The molecule has 6 heteroatoms. The van der Waals surface area contributed by atoms with Crippen LogP contribution < -0.4 is 15.4 Å². The molecular formula is C19H29ClN2O3. The molecular weight excluding hydrogens is 340 g/mol. The van der Waals surface area contributed by atoms with E-state index in [-0.39, 0.29) is 6.09 Å². The van der Waals surface area contributed by atoms with Gasteiger partial charge in [-0.05, 0) is 64.7 Å². The summed E-state index contributed by atoms with van der Waals surface area (Å²) in [6.07, 6.45) is 2.94. The lowest BCUT2D eigenvalue weighted by atomic mass is 10.0. The zero-order chi connectivity index (χ0) is 18.4. The Bertz CT molecular complexity index is 587. The Kier molecular flexibility index (Phi) is 6.82. The average molecular weight is 369 g/mol. The van der Waals surface area contributed by atoms with E-state index in [1.54, 1.807) is 0 Å². The van der Waals surface area contributed by atoms with Crippen molar-refractivity contribution in [2.45, 2.75) is 58.6 Å². The number of ether oxygens (including phenoxy) is 2. The Labute approximate surface area is 155 Å². The molecule has 1 amide bonds. The number of rotatable bonds is 6. The normalized spacial score (nSPS) is 20.2. The number of hydrogen-bond donors (Lipinski definition) is 2. The van der Waals surface area contributed by atoms with E-state index in [0.717, 1.165) is 24.9 Å². The number of amides is 1. The molecule has 0 bridgehead atoms. The molecule has 1 saturated carbocycles. The Hall–Kier alpha value is -1.62. The number of alkyl carbamates (subject to hydrolysis) is 1. The summed E-state index contributed by atoms with van der Waals surface area (Å²) in [4.78, 5) is 11.8. The van der Waals surface area contributed by atoms with E-state index >= 15 is 0 Å². The van der Waals surface area contributed by atoms with E-state index in [9.17, 15) is 4.79 Å². The summed E-state index contributed by atoms with van der Waals surface area (Å²) in [6.45, 7) is 8.72. The number of nitrogens with one attached hydrogen (secondary N) is 2. The van der Waals surface area contributed by atoms with Crippen LogP contribution in [0.3, 0.4) is 0 Å². The van der Waals surface area contributed by atoms with Gasteiger partial charge in [-0.25, -0.2) is 4.79 Å². The van der Waals surface area contributed by atoms with Crippen LogP contribution in [-0.2, 0) is 4.74 Å². The second-order valence-corrected chi connectivity index (χ2v) is 7.81. The fourth-order valence-corrected chi connectivity index (χ4v) is 3.31. The molecule has 2 N–H and O–H groups in total. The van der Waals surface area contributed by atoms with Crippen LogP contribution in [0.4, 0.5) is 10.5 Å². The first-order chi connectivity index (χ1) is 11.8. The molecule has 1 aliphatic rings. The zero-order valence-corrected chi connectivity index (χ0v) is 16.3. The fourth-order valence-electron chi connectivity index (χ4n) is 3.08. The molecule has 0 heterocycles. The van der Waals surface area contributed by atoms with Crippen molar-refractivity contribution in [1.29, 1.82) is 0 Å². The smallest absolute Gasteiger partial charge is 0.407 e. The predicted molar refractivity (Wildman–Crippen MR) is 102 cm³/mol. The maximum absolute atomic E-state index is 11.8. The standard InChI is InChI=1S/C19H29ClN2O3/c1-5-24-17-10-9-14(11-15(17)20)22-16-8-6-7-13(16)12-21-18(23)25-19(2,3)4/h9-11,13,16,22H,5-8,12H2,1-4H3,(H,21,23). The highest BCUT2D eigenvalue weighted by Crippen LogP contribution is 2.32. The van der Waals surface area contributed by atoms with Gasteiger partial charge in [0.2, 0.25) is 0 Å². The van der Waals surface area contributed by atoms with E-state index in [1.165, 1.54) is 0 Å². The van der Waals surface area contributed by atoms with E-state index in [2.05, 4.69) is 10.6 Å². The van der Waals surface area contributed by atoms with E-state index in [1.807, 2.05) is 45.9 Å². The number of benzene rings is 1. The van der Waals surface area contributed by atoms with Crippen molar-refractivity contribution in [1.82, 2.24) is 5.32 Å². The van der Waals surface area contributed by atoms with Gasteiger partial charge in [0.25, 0.3) is 0 Å². The first-order valence-corrected chi connectivity index (χ1v) is 9.32. The van der Waals surface area contributed by atoms with Crippen LogP contribution in [0.5, 0.6) is 5.75 Å². The minimum atomic E-state index is -0.476. The summed E-state index contributed by atoms with van der Waals surface area (Å²) in [6, 6.07) is 6.07. The third-order valence-electron chi connectivity index (χ3n) is 4.15. The first-order valence-electron chi connectivity index (χ1n) is 8.94. The Morgan fingerprint density at radius 2 is 2.08 bits per heavy atom. The van der Waals surface area contributed by atoms with Crippen LogP contribution in [0.25, 0.3) is 0 Å². The minimum Gasteiger partial charge on any atom is -0.492 e. The molecule has 2 atom stereocenters. The maximum atomic E-state index is 11.8. The molecule has 25 heavy (non-hydrogen) atoms. The molecule has 0 saturated heterocycles. The van der Waals surface area contributed by atoms with Gasteiger partial charge in [-0.2, -0.15) is 0 Å². The van der Waals surface area contributed by atoms with Gasteiger partial charge in [-0.3, -0.25) is 0 Å². The summed E-state index contributed by atoms with van der Waals surface area (Å²) >= 11 is 6.26. The van der Waals surface area contributed by atoms with Gasteiger partial charge in [0, 0.05) is 18.3 Å². The number of anilines is 1. The molecule has 2 rings (SSSR count). The molecule has 0 aliphatic heterocycles. The second-order valence-electron chi connectivity index (χ2n) is 7.40. The largest absolute Gasteiger partial charge is 0.492 e. The van der Waals surface area contributed by atoms with Crippen LogP contribution in [0, 0.1) is 5.92 Å². The second kappa shape index (κ2) is 8.65. The van der Waals surface area contributed by atoms with Crippen LogP contribution >= 0.6 is 11.6 Å². The Morgan fingerprint density at radius 3 is 2.72 bits per heavy atom. The van der Waals surface area contributed by atoms with Crippen LogP contribution in [-0.4, -0.2) is 30.9 Å². The molecule has 0 radical (unpaired) electrons. The van der Waals surface area contributed by atoms with Crippen LogP contribution in [0.15, 0.2) is 18.2 Å². The van der Waals surface area contributed by atoms with Gasteiger partial charge < -0.3 is 20.1 Å². The summed E-state index contributed by atoms with van der Waals surface area (Å²) in [5.74, 6) is 1.07. The summed E-state index contributed by atoms with van der Waals surface area (Å²) in [7, 11) is 0. The highest BCUT2D eigenvalue weighted by Gasteiger charge is 2.28. The zero-order valence-electron chi connectivity index (χ0n) is 15.5. The van der Waals surface area contributed by atoms with E-state index < -0.39 is 5.60 Å². The minimum absolute atomic E-state index is 0.309. The molecule has 0 spiro atoms. The van der Waals surface area contributed by atoms with E-state index in [0.29, 0.717) is 35.9 Å². The van der Waals surface area contributed by atoms with Crippen molar-refractivity contribution in [3.63, 3.8) is 0 Å². The predicted octanol–water partition coefficient (Wildman–Crippen LogP) is 4.84. The molecule has 1 aromatic rings. The van der Waals surface area contributed by atoms with Crippen molar-refractivity contribution in [3.8, 4) is 5.75 Å². The number of carbonyl (C=O) groups excluding carboxylic acids is 1. The molecule has 1 fully saturated rings. The number of halogens is 1. The average Bonchev–Trinajstić information content (AvgIpc) is 2.93. The summed E-state index contributed by atoms with van der Waals surface area (Å²) in [5.41, 5.74) is 0.499. The monoisotopic (exact) mass is 368 g/mol. The van der Waals surface area contributed by atoms with Crippen molar-refractivity contribution in [2.75, 3.05) is 18.5 Å². The molecule has 1 aliphatic carbocycles. The Balaban J connectivity index is 1.89. The van der Waals surface area contributed by atoms with Crippen molar-refractivity contribution >= 4 is 23.4 Å². The van der Waals surface area contributed by atoms with Gasteiger partial charge in [-0.15, -0.1) is 0 Å². The van der Waals surface area contributed by atoms with Gasteiger partial charge in [0.15, 0.2) is 0 Å². The van der Waals surface area contributed by atoms with Crippen molar-refractivity contribution < 1.29 is 14.3 Å². The Morgan fingerprint density at radius 1 is 1.32 bits per heavy atom. The molecule has 2 unspecified atom stereocenters. The highest BCUT2D eigenvalue weighted by atomic mass is 35.5. The summed E-state index contributed by atoms with van der Waals surface area (Å²) in [5, 5.41) is 7.03. The summed E-state index contributed by atoms with van der Waals surface area (Å²) < 4.78 is 10.8. The highest BCUT2D eigenvalue weighted by molar-refractivity contribution is 6.32. The fraction of sp³-hybridized carbons (Fsp3) is 0.632. The number of hydrogen-bond acceptors (Lipinski definition) is 4. The molecule has 5 nitrogen and oxygen atoms in total.